The molecular weight excluding hydrogens is 588 g/mol. The van der Waals surface area contributed by atoms with E-state index in [-0.39, 0.29) is 0 Å². The van der Waals surface area contributed by atoms with Crippen LogP contribution >= 0.6 is 0 Å². The molecule has 7 aromatic carbocycles. The third-order valence-electron chi connectivity index (χ3n) is 9.94. The van der Waals surface area contributed by atoms with Crippen LogP contribution in [0, 0.1) is 0 Å². The van der Waals surface area contributed by atoms with Crippen LogP contribution in [0.1, 0.15) is 0 Å². The van der Waals surface area contributed by atoms with Gasteiger partial charge in [-0.2, -0.15) is 0 Å². The van der Waals surface area contributed by atoms with Crippen molar-refractivity contribution in [1.29, 1.82) is 0 Å². The van der Waals surface area contributed by atoms with Crippen LogP contribution in [0.4, 0.5) is 0 Å². The van der Waals surface area contributed by atoms with E-state index < -0.39 is 0 Å². The van der Waals surface area contributed by atoms with Gasteiger partial charge in [0, 0.05) is 49.0 Å². The molecule has 0 N–H and O–H groups in total. The van der Waals surface area contributed by atoms with Gasteiger partial charge in [-0.05, 0) is 48.0 Å². The van der Waals surface area contributed by atoms with Gasteiger partial charge in [-0.25, -0.2) is 0 Å². The van der Waals surface area contributed by atoms with E-state index in [1.165, 1.54) is 16.2 Å². The van der Waals surface area contributed by atoms with Crippen LogP contribution in [0.3, 0.4) is 0 Å². The van der Waals surface area contributed by atoms with Crippen molar-refractivity contribution in [2.75, 3.05) is 0 Å². The third kappa shape index (κ3) is 3.38. The standard InChI is InChI=1S/C44H26N2O2/c1-5-18-36-34(13-1)41-35-14-2-6-19-37(35)46(38-20-10-17-33-31-12-4-8-22-40(31)48-43(33)38)44(41)45(36)28-25-23-27(24-26-28)29-15-9-16-32-30-11-3-7-21-39(30)47-42(29)32/h1-26H. The summed E-state index contributed by atoms with van der Waals surface area (Å²) < 4.78 is 17.8. The average molecular weight is 615 g/mol. The minimum atomic E-state index is 0.882. The highest BCUT2D eigenvalue weighted by Gasteiger charge is 2.24. The van der Waals surface area contributed by atoms with Crippen LogP contribution < -0.4 is 0 Å². The van der Waals surface area contributed by atoms with Gasteiger partial charge in [-0.1, -0.05) is 115 Å². The number of nitrogens with zero attached hydrogens (tertiary/aromatic N) is 2. The lowest BCUT2D eigenvalue weighted by atomic mass is 10.0. The first-order valence-corrected chi connectivity index (χ1v) is 16.3. The Kier molecular flexibility index (Phi) is 5.08. The van der Waals surface area contributed by atoms with E-state index in [0.29, 0.717) is 0 Å². The lowest BCUT2D eigenvalue weighted by molar-refractivity contribution is 0.666. The molecule has 4 nitrogen and oxygen atoms in total. The van der Waals surface area contributed by atoms with Gasteiger partial charge in [0.1, 0.15) is 22.4 Å². The summed E-state index contributed by atoms with van der Waals surface area (Å²) in [4.78, 5) is 0. The molecule has 48 heavy (non-hydrogen) atoms. The Hall–Kier alpha value is -6.52. The number of hydrogen-bond donors (Lipinski definition) is 0. The Morgan fingerprint density at radius 1 is 0.375 bits per heavy atom. The summed E-state index contributed by atoms with van der Waals surface area (Å²) in [5.74, 6) is 0. The zero-order valence-electron chi connectivity index (χ0n) is 25.7. The van der Waals surface area contributed by atoms with Gasteiger partial charge in [0.05, 0.1) is 16.7 Å². The second-order valence-electron chi connectivity index (χ2n) is 12.5. The van der Waals surface area contributed by atoms with E-state index in [4.69, 9.17) is 8.83 Å². The number of benzene rings is 7. The molecule has 4 heterocycles. The summed E-state index contributed by atoms with van der Waals surface area (Å²) in [7, 11) is 0. The molecule has 0 saturated carbocycles. The van der Waals surface area contributed by atoms with Crippen LogP contribution in [-0.2, 0) is 0 Å². The fourth-order valence-electron chi connectivity index (χ4n) is 7.88. The Morgan fingerprint density at radius 3 is 1.58 bits per heavy atom. The minimum Gasteiger partial charge on any atom is -0.455 e. The van der Waals surface area contributed by atoms with Gasteiger partial charge in [-0.15, -0.1) is 0 Å². The molecule has 0 spiro atoms. The van der Waals surface area contributed by atoms with E-state index in [9.17, 15) is 0 Å². The molecule has 0 fully saturated rings. The van der Waals surface area contributed by atoms with Crippen molar-refractivity contribution < 1.29 is 8.83 Å². The molecule has 0 bridgehead atoms. The topological polar surface area (TPSA) is 36.1 Å². The maximum atomic E-state index is 6.61. The van der Waals surface area contributed by atoms with E-state index in [1.54, 1.807) is 0 Å². The molecule has 4 heteroatoms. The van der Waals surface area contributed by atoms with Crippen molar-refractivity contribution >= 4 is 76.7 Å². The summed E-state index contributed by atoms with van der Waals surface area (Å²) in [5, 5.41) is 8.16. The fourth-order valence-corrected chi connectivity index (χ4v) is 7.88. The number of aromatic nitrogens is 2. The quantitative estimate of drug-likeness (QED) is 0.198. The summed E-state index contributed by atoms with van der Waals surface area (Å²) in [5.41, 5.74) is 11.3. The molecule has 0 aliphatic carbocycles. The number of rotatable bonds is 3. The molecular formula is C44H26N2O2. The van der Waals surface area contributed by atoms with Crippen molar-refractivity contribution in [1.82, 2.24) is 9.13 Å². The number of hydrogen-bond acceptors (Lipinski definition) is 2. The van der Waals surface area contributed by atoms with Crippen LogP contribution in [0.25, 0.3) is 99.2 Å². The molecule has 0 atom stereocenters. The molecule has 0 aliphatic rings. The SMILES string of the molecule is c1ccc2c(c1)oc1c(-c3ccc(-n4c5ccccc5c5c6ccccc6n(-c6cccc7c6oc6ccccc67)c54)cc3)cccc12. The van der Waals surface area contributed by atoms with Crippen LogP contribution in [-0.4, -0.2) is 9.13 Å². The average Bonchev–Trinajstić information content (AvgIpc) is 3.89. The van der Waals surface area contributed by atoms with Crippen LogP contribution in [0.2, 0.25) is 0 Å². The molecule has 0 unspecified atom stereocenters. The van der Waals surface area contributed by atoms with Crippen molar-refractivity contribution in [3.05, 3.63) is 158 Å². The highest BCUT2D eigenvalue weighted by atomic mass is 16.3. The zero-order chi connectivity index (χ0) is 31.3. The van der Waals surface area contributed by atoms with Gasteiger partial charge < -0.3 is 8.83 Å². The highest BCUT2D eigenvalue weighted by molar-refractivity contribution is 6.23. The van der Waals surface area contributed by atoms with Gasteiger partial charge in [0.15, 0.2) is 5.58 Å². The largest absolute Gasteiger partial charge is 0.455 e. The van der Waals surface area contributed by atoms with Crippen molar-refractivity contribution in [3.63, 3.8) is 0 Å². The molecule has 11 rings (SSSR count). The smallest absolute Gasteiger partial charge is 0.159 e. The number of fused-ring (bicyclic) bond motifs is 11. The van der Waals surface area contributed by atoms with E-state index in [1.807, 2.05) is 24.3 Å². The predicted octanol–water partition coefficient (Wildman–Crippen LogP) is 12.2. The lowest BCUT2D eigenvalue weighted by Crippen LogP contribution is -2.02. The first-order valence-electron chi connectivity index (χ1n) is 16.3. The summed E-state index contributed by atoms with van der Waals surface area (Å²) in [6.07, 6.45) is 0. The highest BCUT2D eigenvalue weighted by Crippen LogP contribution is 2.43. The van der Waals surface area contributed by atoms with Crippen LogP contribution in [0.5, 0.6) is 0 Å². The third-order valence-corrected chi connectivity index (χ3v) is 9.94. The first kappa shape index (κ1) is 25.6. The van der Waals surface area contributed by atoms with Crippen molar-refractivity contribution in [3.8, 4) is 22.5 Å². The number of para-hydroxylation sites is 6. The van der Waals surface area contributed by atoms with E-state index in [2.05, 4.69) is 143 Å². The number of furan rings is 2. The second-order valence-corrected chi connectivity index (χ2v) is 12.5. The molecule has 11 aromatic rings. The Labute approximate surface area is 274 Å². The molecule has 4 aromatic heterocycles. The second kappa shape index (κ2) is 9.50. The zero-order valence-corrected chi connectivity index (χ0v) is 25.7. The Balaban J connectivity index is 1.20. The predicted molar refractivity (Wildman–Crippen MR) is 198 cm³/mol. The summed E-state index contributed by atoms with van der Waals surface area (Å²) in [6.45, 7) is 0. The van der Waals surface area contributed by atoms with Gasteiger partial charge >= 0.3 is 0 Å². The minimum absolute atomic E-state index is 0.882. The molecule has 0 saturated heterocycles. The van der Waals surface area contributed by atoms with Gasteiger partial charge in [-0.3, -0.25) is 9.13 Å². The molecule has 0 radical (unpaired) electrons. The van der Waals surface area contributed by atoms with Gasteiger partial charge in [0.2, 0.25) is 0 Å². The van der Waals surface area contributed by atoms with E-state index in [0.717, 1.165) is 83.1 Å². The van der Waals surface area contributed by atoms with Crippen molar-refractivity contribution in [2.45, 2.75) is 0 Å². The summed E-state index contributed by atoms with van der Waals surface area (Å²) in [6, 6.07) is 55.7. The molecule has 0 amide bonds. The van der Waals surface area contributed by atoms with Gasteiger partial charge in [0.25, 0.3) is 0 Å². The van der Waals surface area contributed by atoms with E-state index >= 15 is 0 Å². The molecule has 0 aliphatic heterocycles. The molecule has 224 valence electrons. The fraction of sp³-hybridized carbons (Fsp3) is 0. The Bertz CT molecular complexity index is 3060. The van der Waals surface area contributed by atoms with Crippen molar-refractivity contribution in [2.24, 2.45) is 0 Å². The first-order chi connectivity index (χ1) is 23.8. The Morgan fingerprint density at radius 2 is 0.896 bits per heavy atom. The lowest BCUT2D eigenvalue weighted by Gasteiger charge is -2.14. The maximum absolute atomic E-state index is 6.61. The van der Waals surface area contributed by atoms with Crippen LogP contribution in [0.15, 0.2) is 167 Å². The normalized spacial score (nSPS) is 12.2. The summed E-state index contributed by atoms with van der Waals surface area (Å²) >= 11 is 0. The maximum Gasteiger partial charge on any atom is 0.159 e. The monoisotopic (exact) mass is 614 g/mol.